The van der Waals surface area contributed by atoms with Gasteiger partial charge in [0.25, 0.3) is 0 Å². The van der Waals surface area contributed by atoms with Crippen LogP contribution in [0.15, 0.2) is 42.5 Å². The molecule has 0 aliphatic carbocycles. The molecule has 0 unspecified atom stereocenters. The molecule has 1 amide bonds. The van der Waals surface area contributed by atoms with Gasteiger partial charge in [0, 0.05) is 18.4 Å². The van der Waals surface area contributed by atoms with Crippen LogP contribution in [0.25, 0.3) is 0 Å². The Bertz CT molecular complexity index is 696. The van der Waals surface area contributed by atoms with Crippen LogP contribution in [0.5, 0.6) is 0 Å². The maximum atomic E-state index is 13.6. The number of anilines is 1. The van der Waals surface area contributed by atoms with Crippen molar-refractivity contribution < 1.29 is 18.4 Å². The molecule has 0 atom stereocenters. The fourth-order valence-electron chi connectivity index (χ4n) is 1.94. The topological polar surface area (TPSA) is 46.2 Å². The molecule has 0 saturated heterocycles. The van der Waals surface area contributed by atoms with Crippen molar-refractivity contribution in [1.82, 2.24) is 0 Å². The molecule has 0 fully saturated rings. The van der Waals surface area contributed by atoms with Crippen molar-refractivity contribution in [3.05, 3.63) is 65.2 Å². The number of ketones is 1. The Hall–Kier alpha value is -2.56. The first-order valence-corrected chi connectivity index (χ1v) is 6.80. The third-order valence-corrected chi connectivity index (χ3v) is 3.14. The van der Waals surface area contributed by atoms with Gasteiger partial charge in [-0.3, -0.25) is 9.59 Å². The van der Waals surface area contributed by atoms with Crippen molar-refractivity contribution in [2.24, 2.45) is 0 Å². The summed E-state index contributed by atoms with van der Waals surface area (Å²) in [5.41, 5.74) is 1.18. The van der Waals surface area contributed by atoms with E-state index in [-0.39, 0.29) is 24.3 Å². The second-order valence-electron chi connectivity index (χ2n) is 4.96. The van der Waals surface area contributed by atoms with Gasteiger partial charge in [-0.2, -0.15) is 0 Å². The summed E-state index contributed by atoms with van der Waals surface area (Å²) in [6.07, 6.45) is -0.0888. The van der Waals surface area contributed by atoms with E-state index < -0.39 is 17.5 Å². The minimum Gasteiger partial charge on any atom is -0.324 e. The molecule has 22 heavy (non-hydrogen) atoms. The second kappa shape index (κ2) is 6.93. The van der Waals surface area contributed by atoms with Crippen LogP contribution in [0.4, 0.5) is 14.5 Å². The van der Waals surface area contributed by atoms with Crippen molar-refractivity contribution >= 4 is 17.4 Å². The number of carbonyl (C=O) groups excluding carboxylic acids is 2. The predicted molar refractivity (Wildman–Crippen MR) is 79.7 cm³/mol. The first kappa shape index (κ1) is 15.8. The van der Waals surface area contributed by atoms with E-state index in [0.717, 1.165) is 5.56 Å². The fraction of sp³-hybridized carbons (Fsp3) is 0.176. The summed E-state index contributed by atoms with van der Waals surface area (Å²) in [7, 11) is 0. The molecule has 2 rings (SSSR count). The molecule has 2 aromatic carbocycles. The van der Waals surface area contributed by atoms with E-state index in [1.54, 1.807) is 13.0 Å². The van der Waals surface area contributed by atoms with E-state index in [2.05, 4.69) is 5.32 Å². The van der Waals surface area contributed by atoms with Crippen LogP contribution in [0, 0.1) is 18.6 Å². The smallest absolute Gasteiger partial charge is 0.224 e. The molecule has 0 aromatic heterocycles. The van der Waals surface area contributed by atoms with Crippen molar-refractivity contribution in [1.29, 1.82) is 0 Å². The van der Waals surface area contributed by atoms with Crippen LogP contribution in [0.2, 0.25) is 0 Å². The molecule has 0 aliphatic heterocycles. The zero-order valence-corrected chi connectivity index (χ0v) is 12.0. The summed E-state index contributed by atoms with van der Waals surface area (Å²) in [6.45, 7) is 1.75. The number of halogens is 2. The number of aryl methyl sites for hydroxylation is 1. The summed E-state index contributed by atoms with van der Waals surface area (Å²) in [6, 6.07) is 9.60. The van der Waals surface area contributed by atoms with Crippen molar-refractivity contribution in [2.75, 3.05) is 5.32 Å². The SMILES string of the molecule is Cc1ccc(NC(=O)CCC(=O)c2ccc(F)cc2)c(F)c1. The quantitative estimate of drug-likeness (QED) is 0.852. The maximum Gasteiger partial charge on any atom is 0.224 e. The summed E-state index contributed by atoms with van der Waals surface area (Å²) in [4.78, 5) is 23.6. The number of hydrogen-bond donors (Lipinski definition) is 1. The Morgan fingerprint density at radius 2 is 1.68 bits per heavy atom. The van der Waals surface area contributed by atoms with E-state index in [1.807, 2.05) is 0 Å². The number of amides is 1. The normalized spacial score (nSPS) is 10.3. The average molecular weight is 303 g/mol. The minimum atomic E-state index is -0.516. The summed E-state index contributed by atoms with van der Waals surface area (Å²) < 4.78 is 26.4. The molecule has 5 heteroatoms. The first-order valence-electron chi connectivity index (χ1n) is 6.80. The van der Waals surface area contributed by atoms with Crippen LogP contribution in [0.3, 0.4) is 0 Å². The molecule has 1 N–H and O–H groups in total. The van der Waals surface area contributed by atoms with E-state index in [4.69, 9.17) is 0 Å². The monoisotopic (exact) mass is 303 g/mol. The predicted octanol–water partition coefficient (Wildman–Crippen LogP) is 3.87. The highest BCUT2D eigenvalue weighted by atomic mass is 19.1. The molecule has 0 heterocycles. The van der Waals surface area contributed by atoms with Gasteiger partial charge in [0.05, 0.1) is 5.69 Å². The Morgan fingerprint density at radius 1 is 1.00 bits per heavy atom. The largest absolute Gasteiger partial charge is 0.324 e. The summed E-state index contributed by atoms with van der Waals surface area (Å²) in [5, 5.41) is 2.43. The Labute approximate surface area is 127 Å². The molecule has 114 valence electrons. The van der Waals surface area contributed by atoms with Gasteiger partial charge < -0.3 is 5.32 Å². The summed E-state index contributed by atoms with van der Waals surface area (Å²) >= 11 is 0. The standard InChI is InChI=1S/C17H15F2NO2/c1-11-2-7-15(14(19)10-11)20-17(22)9-8-16(21)12-3-5-13(18)6-4-12/h2-7,10H,8-9H2,1H3,(H,20,22). The zero-order valence-electron chi connectivity index (χ0n) is 12.0. The Kier molecular flexibility index (Phi) is 4.99. The Morgan fingerprint density at radius 3 is 2.32 bits per heavy atom. The van der Waals surface area contributed by atoms with Gasteiger partial charge in [-0.25, -0.2) is 8.78 Å². The lowest BCUT2D eigenvalue weighted by atomic mass is 10.1. The highest BCUT2D eigenvalue weighted by Crippen LogP contribution is 2.16. The van der Waals surface area contributed by atoms with Gasteiger partial charge in [0.1, 0.15) is 11.6 Å². The molecule has 0 bridgehead atoms. The summed E-state index contributed by atoms with van der Waals surface area (Å²) in [5.74, 6) is -1.65. The van der Waals surface area contributed by atoms with Crippen LogP contribution in [-0.2, 0) is 4.79 Å². The molecule has 0 radical (unpaired) electrons. The van der Waals surface area contributed by atoms with Gasteiger partial charge in [-0.1, -0.05) is 6.07 Å². The number of carbonyl (C=O) groups is 2. The second-order valence-corrected chi connectivity index (χ2v) is 4.96. The molecule has 3 nitrogen and oxygen atoms in total. The van der Waals surface area contributed by atoms with E-state index in [9.17, 15) is 18.4 Å². The highest BCUT2D eigenvalue weighted by Gasteiger charge is 2.11. The molecule has 0 saturated carbocycles. The van der Waals surface area contributed by atoms with Gasteiger partial charge in [0.2, 0.25) is 5.91 Å². The van der Waals surface area contributed by atoms with Gasteiger partial charge in [-0.05, 0) is 48.9 Å². The van der Waals surface area contributed by atoms with Crippen molar-refractivity contribution in [3.8, 4) is 0 Å². The van der Waals surface area contributed by atoms with E-state index in [0.29, 0.717) is 5.56 Å². The van der Waals surface area contributed by atoms with Crippen LogP contribution >= 0.6 is 0 Å². The lowest BCUT2D eigenvalue weighted by molar-refractivity contribution is -0.116. The lowest BCUT2D eigenvalue weighted by Crippen LogP contribution is -2.14. The first-order chi connectivity index (χ1) is 10.5. The third-order valence-electron chi connectivity index (χ3n) is 3.14. The number of nitrogens with one attached hydrogen (secondary N) is 1. The minimum absolute atomic E-state index is 0.0229. The number of rotatable bonds is 5. The van der Waals surface area contributed by atoms with Crippen LogP contribution < -0.4 is 5.32 Å². The van der Waals surface area contributed by atoms with Gasteiger partial charge in [0.15, 0.2) is 5.78 Å². The lowest BCUT2D eigenvalue weighted by Gasteiger charge is -2.07. The van der Waals surface area contributed by atoms with E-state index >= 15 is 0 Å². The van der Waals surface area contributed by atoms with Crippen LogP contribution in [-0.4, -0.2) is 11.7 Å². The van der Waals surface area contributed by atoms with Crippen molar-refractivity contribution in [2.45, 2.75) is 19.8 Å². The van der Waals surface area contributed by atoms with Gasteiger partial charge >= 0.3 is 0 Å². The van der Waals surface area contributed by atoms with Crippen molar-refractivity contribution in [3.63, 3.8) is 0 Å². The molecular weight excluding hydrogens is 288 g/mol. The fourth-order valence-corrected chi connectivity index (χ4v) is 1.94. The Balaban J connectivity index is 1.89. The molecular formula is C17H15F2NO2. The molecule has 2 aromatic rings. The highest BCUT2D eigenvalue weighted by molar-refractivity contribution is 6.00. The molecule has 0 spiro atoms. The number of benzene rings is 2. The van der Waals surface area contributed by atoms with Gasteiger partial charge in [-0.15, -0.1) is 0 Å². The number of hydrogen-bond acceptors (Lipinski definition) is 2. The zero-order chi connectivity index (χ0) is 16.1. The van der Waals surface area contributed by atoms with E-state index in [1.165, 1.54) is 36.4 Å². The molecule has 0 aliphatic rings. The maximum absolute atomic E-state index is 13.6. The average Bonchev–Trinajstić information content (AvgIpc) is 2.48. The van der Waals surface area contributed by atoms with Crippen LogP contribution in [0.1, 0.15) is 28.8 Å². The number of Topliss-reactive ketones (excluding diaryl/α,β-unsaturated/α-hetero) is 1. The third kappa shape index (κ3) is 4.22.